The summed E-state index contributed by atoms with van der Waals surface area (Å²) >= 11 is 0. The van der Waals surface area contributed by atoms with Crippen molar-refractivity contribution in [3.63, 3.8) is 0 Å². The van der Waals surface area contributed by atoms with Gasteiger partial charge in [0.15, 0.2) is 0 Å². The predicted octanol–water partition coefficient (Wildman–Crippen LogP) is 2.64. The van der Waals surface area contributed by atoms with Gasteiger partial charge in [-0.15, -0.1) is 6.42 Å². The maximum absolute atomic E-state index is 5.91. The van der Waals surface area contributed by atoms with E-state index < -0.39 is 5.97 Å². The summed E-state index contributed by atoms with van der Waals surface area (Å²) in [5.74, 6) is 1.93. The molecule has 3 heteroatoms. The van der Waals surface area contributed by atoms with Crippen molar-refractivity contribution in [2.24, 2.45) is 11.3 Å². The minimum atomic E-state index is -0.981. The lowest BCUT2D eigenvalue weighted by Crippen LogP contribution is -2.60. The second-order valence-corrected chi connectivity index (χ2v) is 5.70. The van der Waals surface area contributed by atoms with Crippen LogP contribution in [0.5, 0.6) is 0 Å². The summed E-state index contributed by atoms with van der Waals surface area (Å²) in [6, 6.07) is 0. The van der Waals surface area contributed by atoms with Crippen LogP contribution in [0.3, 0.4) is 0 Å². The summed E-state index contributed by atoms with van der Waals surface area (Å²) in [5.41, 5.74) is 1.00. The predicted molar refractivity (Wildman–Crippen MR) is 72.1 cm³/mol. The molecule has 2 bridgehead atoms. The maximum atomic E-state index is 5.91. The molecule has 0 amide bonds. The van der Waals surface area contributed by atoms with Gasteiger partial charge in [-0.25, -0.2) is 0 Å². The zero-order chi connectivity index (χ0) is 13.3. The Labute approximate surface area is 114 Å². The largest absolute Gasteiger partial charge is 0.323 e. The van der Waals surface area contributed by atoms with Gasteiger partial charge in [0.25, 0.3) is 0 Å². The highest BCUT2D eigenvalue weighted by molar-refractivity contribution is 5.32. The normalized spacial score (nSPS) is 40.8. The summed E-state index contributed by atoms with van der Waals surface area (Å²) < 4.78 is 17.7. The van der Waals surface area contributed by atoms with Gasteiger partial charge in [0, 0.05) is 16.9 Å². The number of terminal acetylenes is 1. The number of hydrogen-bond donors (Lipinski definition) is 0. The highest BCUT2D eigenvalue weighted by Gasteiger charge is 2.53. The molecule has 4 aliphatic rings. The van der Waals surface area contributed by atoms with Crippen LogP contribution in [0.25, 0.3) is 0 Å². The van der Waals surface area contributed by atoms with E-state index in [-0.39, 0.29) is 11.3 Å². The van der Waals surface area contributed by atoms with E-state index in [2.05, 4.69) is 18.9 Å². The van der Waals surface area contributed by atoms with E-state index in [1.807, 2.05) is 12.2 Å². The van der Waals surface area contributed by atoms with Gasteiger partial charge >= 0.3 is 5.97 Å². The van der Waals surface area contributed by atoms with E-state index in [1.165, 1.54) is 0 Å². The first-order chi connectivity index (χ1) is 9.22. The van der Waals surface area contributed by atoms with E-state index in [0.717, 1.165) is 24.8 Å². The summed E-state index contributed by atoms with van der Waals surface area (Å²) in [6.07, 6.45) is 14.5. The third-order valence-corrected chi connectivity index (χ3v) is 4.15. The van der Waals surface area contributed by atoms with Crippen LogP contribution < -0.4 is 0 Å². The van der Waals surface area contributed by atoms with Crippen molar-refractivity contribution in [2.75, 3.05) is 19.8 Å². The number of ether oxygens (including phenoxy) is 3. The van der Waals surface area contributed by atoms with Crippen LogP contribution in [0.15, 0.2) is 23.8 Å². The monoisotopic (exact) mass is 260 g/mol. The molecule has 3 fully saturated rings. The SMILES string of the molecule is C#CC1C=CC(C23OCC(CCC)(CO2)CO3)=CC1. The molecule has 4 rings (SSSR count). The Kier molecular flexibility index (Phi) is 3.26. The van der Waals surface area contributed by atoms with E-state index in [9.17, 15) is 0 Å². The third kappa shape index (κ3) is 2.14. The van der Waals surface area contributed by atoms with Crippen LogP contribution >= 0.6 is 0 Å². The Bertz CT molecular complexity index is 431. The molecule has 3 heterocycles. The summed E-state index contributed by atoms with van der Waals surface area (Å²) in [5, 5.41) is 0. The van der Waals surface area contributed by atoms with Gasteiger partial charge in [-0.1, -0.05) is 37.5 Å². The smallest absolute Gasteiger partial charge is 0.311 e. The first kappa shape index (κ1) is 12.9. The fraction of sp³-hybridized carbons (Fsp3) is 0.625. The first-order valence-corrected chi connectivity index (χ1v) is 6.99. The van der Waals surface area contributed by atoms with Crippen LogP contribution in [-0.4, -0.2) is 25.8 Å². The van der Waals surface area contributed by atoms with Gasteiger partial charge in [-0.2, -0.15) is 0 Å². The van der Waals surface area contributed by atoms with E-state index in [0.29, 0.717) is 19.8 Å². The van der Waals surface area contributed by atoms with Gasteiger partial charge < -0.3 is 14.2 Å². The van der Waals surface area contributed by atoms with Crippen LogP contribution in [0.2, 0.25) is 0 Å². The first-order valence-electron chi connectivity index (χ1n) is 6.99. The molecule has 1 unspecified atom stereocenters. The number of hydrogen-bond acceptors (Lipinski definition) is 3. The summed E-state index contributed by atoms with van der Waals surface area (Å²) in [4.78, 5) is 0. The second kappa shape index (κ2) is 4.79. The molecule has 3 nitrogen and oxygen atoms in total. The van der Waals surface area contributed by atoms with E-state index in [4.69, 9.17) is 20.6 Å². The van der Waals surface area contributed by atoms with Crippen molar-refractivity contribution in [1.82, 2.24) is 0 Å². The van der Waals surface area contributed by atoms with Crippen molar-refractivity contribution < 1.29 is 14.2 Å². The van der Waals surface area contributed by atoms with Crippen molar-refractivity contribution in [3.05, 3.63) is 23.8 Å². The Morgan fingerprint density at radius 3 is 2.47 bits per heavy atom. The number of allylic oxidation sites excluding steroid dienone is 2. The molecule has 0 spiro atoms. The lowest BCUT2D eigenvalue weighted by molar-refractivity contribution is -0.448. The van der Waals surface area contributed by atoms with Crippen LogP contribution in [0, 0.1) is 23.7 Å². The quantitative estimate of drug-likeness (QED) is 0.730. The zero-order valence-corrected chi connectivity index (χ0v) is 11.4. The summed E-state index contributed by atoms with van der Waals surface area (Å²) in [6.45, 7) is 4.32. The second-order valence-electron chi connectivity index (χ2n) is 5.70. The standard InChI is InChI=1S/C16H20O3/c1-3-9-15-10-17-16(18-11-15,19-12-15)14-7-5-13(4-2)6-8-14/h2,5,7-8,13H,3,6,9-12H2,1H3. The third-order valence-electron chi connectivity index (χ3n) is 4.15. The lowest BCUT2D eigenvalue weighted by atomic mass is 9.83. The molecule has 0 aromatic rings. The molecule has 3 saturated heterocycles. The Balaban J connectivity index is 1.73. The van der Waals surface area contributed by atoms with E-state index in [1.54, 1.807) is 0 Å². The number of fused-ring (bicyclic) bond motifs is 3. The van der Waals surface area contributed by atoms with Crippen molar-refractivity contribution >= 4 is 0 Å². The highest BCUT2D eigenvalue weighted by atomic mass is 16.9. The summed E-state index contributed by atoms with van der Waals surface area (Å²) in [7, 11) is 0. The maximum Gasteiger partial charge on any atom is 0.311 e. The minimum absolute atomic E-state index is 0.0524. The topological polar surface area (TPSA) is 27.7 Å². The minimum Gasteiger partial charge on any atom is -0.323 e. The Morgan fingerprint density at radius 1 is 1.32 bits per heavy atom. The van der Waals surface area contributed by atoms with Gasteiger partial charge in [-0.05, 0) is 12.8 Å². The molecule has 0 radical (unpaired) electrons. The lowest BCUT2D eigenvalue weighted by Gasteiger charge is -2.52. The average molecular weight is 260 g/mol. The fourth-order valence-corrected chi connectivity index (χ4v) is 2.96. The van der Waals surface area contributed by atoms with Gasteiger partial charge in [0.05, 0.1) is 19.8 Å². The molecule has 1 aliphatic carbocycles. The fourth-order valence-electron chi connectivity index (χ4n) is 2.96. The Morgan fingerprint density at radius 2 is 2.00 bits per heavy atom. The molecule has 3 aliphatic heterocycles. The Hall–Kier alpha value is -1.08. The van der Waals surface area contributed by atoms with Gasteiger partial charge in [0.1, 0.15) is 0 Å². The molecular formula is C16H20O3. The average Bonchev–Trinajstić information content (AvgIpc) is 2.49. The number of rotatable bonds is 3. The molecule has 102 valence electrons. The van der Waals surface area contributed by atoms with Crippen LogP contribution in [0.4, 0.5) is 0 Å². The molecule has 0 N–H and O–H groups in total. The van der Waals surface area contributed by atoms with Crippen LogP contribution in [0.1, 0.15) is 26.2 Å². The molecule has 1 atom stereocenters. The molecule has 0 aromatic carbocycles. The van der Waals surface area contributed by atoms with Gasteiger partial charge in [-0.3, -0.25) is 0 Å². The molecule has 19 heavy (non-hydrogen) atoms. The van der Waals surface area contributed by atoms with E-state index >= 15 is 0 Å². The van der Waals surface area contributed by atoms with Crippen molar-refractivity contribution in [3.8, 4) is 12.3 Å². The molecule has 0 saturated carbocycles. The molecular weight excluding hydrogens is 240 g/mol. The highest BCUT2D eigenvalue weighted by Crippen LogP contribution is 2.45. The van der Waals surface area contributed by atoms with Crippen LogP contribution in [-0.2, 0) is 14.2 Å². The zero-order valence-electron chi connectivity index (χ0n) is 11.4. The van der Waals surface area contributed by atoms with Gasteiger partial charge in [0.2, 0.25) is 0 Å². The van der Waals surface area contributed by atoms with Crippen molar-refractivity contribution in [1.29, 1.82) is 0 Å². The molecule has 0 aromatic heterocycles. The van der Waals surface area contributed by atoms with Crippen molar-refractivity contribution in [2.45, 2.75) is 32.2 Å².